The number of rotatable bonds is 3. The van der Waals surface area contributed by atoms with Crippen LogP contribution in [0, 0.1) is 19.8 Å². The normalized spacial score (nSPS) is 23.1. The van der Waals surface area contributed by atoms with Crippen molar-refractivity contribution in [1.29, 1.82) is 0 Å². The first-order valence-corrected chi connectivity index (χ1v) is 7.18. The Kier molecular flexibility index (Phi) is 4.59. The van der Waals surface area contributed by atoms with Crippen LogP contribution in [0.4, 0.5) is 0 Å². The van der Waals surface area contributed by atoms with Gasteiger partial charge in [0.25, 0.3) is 5.91 Å². The third kappa shape index (κ3) is 3.57. The quantitative estimate of drug-likeness (QED) is 0.877. The first kappa shape index (κ1) is 14.1. The maximum absolute atomic E-state index is 12.2. The van der Waals surface area contributed by atoms with Crippen molar-refractivity contribution in [2.24, 2.45) is 11.7 Å². The predicted molar refractivity (Wildman–Crippen MR) is 78.2 cm³/mol. The van der Waals surface area contributed by atoms with Crippen LogP contribution in [0.2, 0.25) is 0 Å². The minimum atomic E-state index is 0.0519. The van der Waals surface area contributed by atoms with E-state index in [4.69, 9.17) is 5.73 Å². The zero-order chi connectivity index (χ0) is 13.8. The molecule has 0 aliphatic heterocycles. The van der Waals surface area contributed by atoms with Crippen molar-refractivity contribution < 1.29 is 4.79 Å². The third-order valence-corrected chi connectivity index (χ3v) is 4.29. The summed E-state index contributed by atoms with van der Waals surface area (Å²) in [6.45, 7) is 4.82. The van der Waals surface area contributed by atoms with Gasteiger partial charge in [-0.05, 0) is 62.6 Å². The minimum absolute atomic E-state index is 0.0519. The molecule has 1 aliphatic rings. The lowest BCUT2D eigenvalue weighted by atomic mass is 9.86. The number of hydrogen-bond donors (Lipinski definition) is 2. The number of nitrogens with one attached hydrogen (secondary N) is 1. The second kappa shape index (κ2) is 6.20. The van der Waals surface area contributed by atoms with Gasteiger partial charge in [-0.1, -0.05) is 12.1 Å². The van der Waals surface area contributed by atoms with Crippen LogP contribution in [0.1, 0.15) is 47.2 Å². The molecular formula is C16H24N2O. The van der Waals surface area contributed by atoms with Gasteiger partial charge < -0.3 is 11.1 Å². The molecule has 1 aromatic carbocycles. The van der Waals surface area contributed by atoms with Crippen LogP contribution < -0.4 is 11.1 Å². The number of benzene rings is 1. The van der Waals surface area contributed by atoms with Crippen molar-refractivity contribution >= 4 is 5.91 Å². The van der Waals surface area contributed by atoms with Gasteiger partial charge in [0.1, 0.15) is 0 Å². The van der Waals surface area contributed by atoms with Gasteiger partial charge in [0.15, 0.2) is 0 Å². The van der Waals surface area contributed by atoms with Gasteiger partial charge in [0.05, 0.1) is 0 Å². The highest BCUT2D eigenvalue weighted by Crippen LogP contribution is 2.22. The minimum Gasteiger partial charge on any atom is -0.352 e. The summed E-state index contributed by atoms with van der Waals surface area (Å²) in [5.74, 6) is 0.643. The summed E-state index contributed by atoms with van der Waals surface area (Å²) in [5, 5.41) is 3.07. The van der Waals surface area contributed by atoms with Gasteiger partial charge in [0, 0.05) is 18.2 Å². The van der Waals surface area contributed by atoms with Gasteiger partial charge in [-0.2, -0.15) is 0 Å². The average molecular weight is 260 g/mol. The second-order valence-corrected chi connectivity index (χ2v) is 5.74. The Balaban J connectivity index is 1.89. The molecule has 0 radical (unpaired) electrons. The van der Waals surface area contributed by atoms with Gasteiger partial charge in [-0.25, -0.2) is 0 Å². The van der Waals surface area contributed by atoms with Crippen LogP contribution in [-0.2, 0) is 0 Å². The van der Waals surface area contributed by atoms with E-state index < -0.39 is 0 Å². The van der Waals surface area contributed by atoms with Gasteiger partial charge in [-0.3, -0.25) is 4.79 Å². The molecule has 0 atom stereocenters. The number of carbonyl (C=O) groups excluding carboxylic acids is 1. The fourth-order valence-electron chi connectivity index (χ4n) is 2.72. The molecule has 3 nitrogen and oxygen atoms in total. The standard InChI is InChI=1S/C16H24N2O/c1-11-4-3-5-15(12(11)2)16(19)18-10-13-6-8-14(17)9-7-13/h3-5,13-14H,6-10,17H2,1-2H3,(H,18,19). The topological polar surface area (TPSA) is 55.1 Å². The zero-order valence-electron chi connectivity index (χ0n) is 11.9. The van der Waals surface area contributed by atoms with Crippen molar-refractivity contribution in [3.63, 3.8) is 0 Å². The van der Waals surface area contributed by atoms with E-state index in [1.807, 2.05) is 32.0 Å². The highest BCUT2D eigenvalue weighted by atomic mass is 16.1. The Bertz CT molecular complexity index is 448. The fraction of sp³-hybridized carbons (Fsp3) is 0.562. The Morgan fingerprint density at radius 1 is 1.26 bits per heavy atom. The molecule has 1 fully saturated rings. The van der Waals surface area contributed by atoms with Crippen LogP contribution in [0.5, 0.6) is 0 Å². The maximum Gasteiger partial charge on any atom is 0.251 e. The summed E-state index contributed by atoms with van der Waals surface area (Å²) in [6.07, 6.45) is 4.44. The summed E-state index contributed by atoms with van der Waals surface area (Å²) in [4.78, 5) is 12.2. The Morgan fingerprint density at radius 3 is 2.63 bits per heavy atom. The molecule has 3 N–H and O–H groups in total. The van der Waals surface area contributed by atoms with Gasteiger partial charge >= 0.3 is 0 Å². The molecule has 1 amide bonds. The average Bonchev–Trinajstić information content (AvgIpc) is 2.41. The molecule has 0 saturated heterocycles. The number of nitrogens with two attached hydrogens (primary N) is 1. The Labute approximate surface area is 115 Å². The van der Waals surface area contributed by atoms with Crippen molar-refractivity contribution in [1.82, 2.24) is 5.32 Å². The van der Waals surface area contributed by atoms with E-state index in [1.54, 1.807) is 0 Å². The largest absolute Gasteiger partial charge is 0.352 e. The number of aryl methyl sites for hydroxylation is 1. The predicted octanol–water partition coefficient (Wildman–Crippen LogP) is 2.55. The SMILES string of the molecule is Cc1cccc(C(=O)NCC2CCC(N)CC2)c1C. The maximum atomic E-state index is 12.2. The van der Waals surface area contributed by atoms with E-state index in [0.29, 0.717) is 12.0 Å². The summed E-state index contributed by atoms with van der Waals surface area (Å²) in [5.41, 5.74) is 8.93. The van der Waals surface area contributed by atoms with Crippen molar-refractivity contribution in [2.45, 2.75) is 45.6 Å². The number of amides is 1. The highest BCUT2D eigenvalue weighted by Gasteiger charge is 2.19. The molecule has 3 heteroatoms. The smallest absolute Gasteiger partial charge is 0.251 e. The molecular weight excluding hydrogens is 236 g/mol. The molecule has 1 aliphatic carbocycles. The molecule has 104 valence electrons. The van der Waals surface area contributed by atoms with Crippen LogP contribution >= 0.6 is 0 Å². The Morgan fingerprint density at radius 2 is 1.95 bits per heavy atom. The monoisotopic (exact) mass is 260 g/mol. The summed E-state index contributed by atoms with van der Waals surface area (Å²) < 4.78 is 0. The summed E-state index contributed by atoms with van der Waals surface area (Å²) >= 11 is 0. The number of carbonyl (C=O) groups is 1. The van der Waals surface area contributed by atoms with E-state index in [-0.39, 0.29) is 5.91 Å². The zero-order valence-corrected chi connectivity index (χ0v) is 11.9. The van der Waals surface area contributed by atoms with Gasteiger partial charge in [0.2, 0.25) is 0 Å². The molecule has 2 rings (SSSR count). The molecule has 0 heterocycles. The van der Waals surface area contributed by atoms with E-state index >= 15 is 0 Å². The van der Waals surface area contributed by atoms with Crippen LogP contribution in [-0.4, -0.2) is 18.5 Å². The Hall–Kier alpha value is -1.35. The van der Waals surface area contributed by atoms with Crippen molar-refractivity contribution in [2.75, 3.05) is 6.54 Å². The van der Waals surface area contributed by atoms with E-state index in [1.165, 1.54) is 0 Å². The molecule has 0 aromatic heterocycles. The molecule has 0 bridgehead atoms. The molecule has 0 spiro atoms. The third-order valence-electron chi connectivity index (χ3n) is 4.29. The fourth-order valence-corrected chi connectivity index (χ4v) is 2.72. The van der Waals surface area contributed by atoms with Crippen LogP contribution in [0.25, 0.3) is 0 Å². The van der Waals surface area contributed by atoms with E-state index in [0.717, 1.165) is 48.9 Å². The first-order chi connectivity index (χ1) is 9.08. The van der Waals surface area contributed by atoms with Crippen molar-refractivity contribution in [3.05, 3.63) is 34.9 Å². The summed E-state index contributed by atoms with van der Waals surface area (Å²) in [6, 6.07) is 6.24. The lowest BCUT2D eigenvalue weighted by Gasteiger charge is -2.26. The van der Waals surface area contributed by atoms with Gasteiger partial charge in [-0.15, -0.1) is 0 Å². The first-order valence-electron chi connectivity index (χ1n) is 7.18. The highest BCUT2D eigenvalue weighted by molar-refractivity contribution is 5.95. The lowest BCUT2D eigenvalue weighted by molar-refractivity contribution is 0.0942. The lowest BCUT2D eigenvalue weighted by Crippen LogP contribution is -2.34. The molecule has 1 aromatic rings. The van der Waals surface area contributed by atoms with Crippen molar-refractivity contribution in [3.8, 4) is 0 Å². The molecule has 0 unspecified atom stereocenters. The molecule has 19 heavy (non-hydrogen) atoms. The molecule has 1 saturated carbocycles. The van der Waals surface area contributed by atoms with E-state index in [2.05, 4.69) is 5.32 Å². The van der Waals surface area contributed by atoms with E-state index in [9.17, 15) is 4.79 Å². The number of hydrogen-bond acceptors (Lipinski definition) is 2. The van der Waals surface area contributed by atoms with Crippen LogP contribution in [0.15, 0.2) is 18.2 Å². The second-order valence-electron chi connectivity index (χ2n) is 5.74. The van der Waals surface area contributed by atoms with Crippen LogP contribution in [0.3, 0.4) is 0 Å². The summed E-state index contributed by atoms with van der Waals surface area (Å²) in [7, 11) is 0.